The van der Waals surface area contributed by atoms with Gasteiger partial charge in [-0.05, 0) is 37.2 Å². The van der Waals surface area contributed by atoms with Crippen molar-refractivity contribution in [1.29, 1.82) is 0 Å². The van der Waals surface area contributed by atoms with Crippen molar-refractivity contribution in [3.8, 4) is 0 Å². The van der Waals surface area contributed by atoms with Gasteiger partial charge in [-0.2, -0.15) is 0 Å². The van der Waals surface area contributed by atoms with Crippen molar-refractivity contribution in [1.82, 2.24) is 14.9 Å². The summed E-state index contributed by atoms with van der Waals surface area (Å²) in [5.41, 5.74) is 2.51. The average Bonchev–Trinajstić information content (AvgIpc) is 2.69. The number of aromatic nitrogens is 2. The molecule has 0 aliphatic rings. The molecule has 4 heteroatoms. The zero-order chi connectivity index (χ0) is 12.4. The molecule has 0 aliphatic carbocycles. The largest absolute Gasteiger partial charge is 0.336 e. The molecule has 0 saturated heterocycles. The van der Waals surface area contributed by atoms with Crippen molar-refractivity contribution in [3.63, 3.8) is 0 Å². The maximum atomic E-state index is 4.42. The number of rotatable bonds is 3. The van der Waals surface area contributed by atoms with Gasteiger partial charge >= 0.3 is 0 Å². The Morgan fingerprint density at radius 2 is 2.18 bits per heavy atom. The predicted octanol–water partition coefficient (Wildman–Crippen LogP) is 2.80. The number of hydrogen-bond acceptors (Lipinski definition) is 2. The van der Waals surface area contributed by atoms with Crippen LogP contribution in [-0.2, 0) is 7.05 Å². The Labute approximate surface area is 110 Å². The first-order valence-electron chi connectivity index (χ1n) is 5.54. The van der Waals surface area contributed by atoms with Crippen LogP contribution in [0.4, 0.5) is 0 Å². The molecule has 0 bridgehead atoms. The number of imidazole rings is 1. The molecule has 1 unspecified atom stereocenters. The van der Waals surface area contributed by atoms with E-state index in [1.807, 2.05) is 31.1 Å². The second kappa shape index (κ2) is 5.02. The van der Waals surface area contributed by atoms with Gasteiger partial charge < -0.3 is 9.88 Å². The summed E-state index contributed by atoms with van der Waals surface area (Å²) in [6.45, 7) is 2.12. The van der Waals surface area contributed by atoms with Crippen LogP contribution in [0.25, 0.3) is 0 Å². The molecule has 1 N–H and O–H groups in total. The number of nitrogens with one attached hydrogen (secondary N) is 1. The molecule has 2 aromatic rings. The minimum absolute atomic E-state index is 0.128. The van der Waals surface area contributed by atoms with E-state index in [-0.39, 0.29) is 6.04 Å². The highest BCUT2D eigenvalue weighted by atomic mass is 79.9. The summed E-state index contributed by atoms with van der Waals surface area (Å²) >= 11 is 3.49. The topological polar surface area (TPSA) is 29.9 Å². The lowest BCUT2D eigenvalue weighted by Gasteiger charge is -2.18. The van der Waals surface area contributed by atoms with E-state index in [0.29, 0.717) is 0 Å². The molecule has 0 saturated carbocycles. The lowest BCUT2D eigenvalue weighted by molar-refractivity contribution is 0.614. The summed E-state index contributed by atoms with van der Waals surface area (Å²) < 4.78 is 3.15. The fourth-order valence-electron chi connectivity index (χ4n) is 2.04. The first-order valence-corrected chi connectivity index (χ1v) is 6.33. The number of nitrogens with zero attached hydrogens (tertiary/aromatic N) is 2. The van der Waals surface area contributed by atoms with Crippen LogP contribution < -0.4 is 5.32 Å². The Morgan fingerprint density at radius 3 is 2.71 bits per heavy atom. The highest BCUT2D eigenvalue weighted by Gasteiger charge is 2.17. The Kier molecular flexibility index (Phi) is 3.64. The van der Waals surface area contributed by atoms with Crippen LogP contribution in [0.3, 0.4) is 0 Å². The van der Waals surface area contributed by atoms with Crippen molar-refractivity contribution in [3.05, 3.63) is 52.0 Å². The molecule has 90 valence electrons. The molecule has 1 aromatic carbocycles. The van der Waals surface area contributed by atoms with Gasteiger partial charge in [0.2, 0.25) is 0 Å². The quantitative estimate of drug-likeness (QED) is 0.943. The molecule has 0 amide bonds. The predicted molar refractivity (Wildman–Crippen MR) is 73.0 cm³/mol. The number of halogens is 1. The first-order chi connectivity index (χ1) is 8.13. The molecule has 0 spiro atoms. The molecule has 0 radical (unpaired) electrons. The van der Waals surface area contributed by atoms with Crippen LogP contribution in [0.15, 0.2) is 35.1 Å². The molecule has 1 heterocycles. The van der Waals surface area contributed by atoms with Crippen LogP contribution in [0.5, 0.6) is 0 Å². The summed E-state index contributed by atoms with van der Waals surface area (Å²) in [7, 11) is 3.97. The maximum absolute atomic E-state index is 4.42. The summed E-state index contributed by atoms with van der Waals surface area (Å²) in [6.07, 6.45) is 3.79. The minimum Gasteiger partial charge on any atom is -0.336 e. The number of hydrogen-bond donors (Lipinski definition) is 1. The first kappa shape index (κ1) is 12.3. The van der Waals surface area contributed by atoms with Gasteiger partial charge in [0.15, 0.2) is 0 Å². The summed E-state index contributed by atoms with van der Waals surface area (Å²) in [5, 5.41) is 3.32. The van der Waals surface area contributed by atoms with Crippen LogP contribution in [0.1, 0.15) is 23.0 Å². The van der Waals surface area contributed by atoms with E-state index in [1.54, 1.807) is 0 Å². The Bertz CT molecular complexity index is 519. The monoisotopic (exact) mass is 293 g/mol. The number of benzene rings is 1. The molecule has 1 atom stereocenters. The van der Waals surface area contributed by atoms with Gasteiger partial charge in [-0.15, -0.1) is 0 Å². The fourth-order valence-corrected chi connectivity index (χ4v) is 2.52. The maximum Gasteiger partial charge on any atom is 0.130 e. The van der Waals surface area contributed by atoms with Gasteiger partial charge in [-0.1, -0.05) is 22.0 Å². The van der Waals surface area contributed by atoms with Crippen LogP contribution in [0, 0.1) is 6.92 Å². The standard InChI is InChI=1S/C13H16BrN3/c1-9-8-10(14)4-5-11(9)12(15-2)13-16-6-7-17(13)3/h4-8,12,15H,1-3H3. The lowest BCUT2D eigenvalue weighted by Crippen LogP contribution is -2.22. The Hall–Kier alpha value is -1.13. The van der Waals surface area contributed by atoms with Crippen molar-refractivity contribution in [2.45, 2.75) is 13.0 Å². The van der Waals surface area contributed by atoms with Gasteiger partial charge in [0.1, 0.15) is 5.82 Å². The van der Waals surface area contributed by atoms with Crippen LogP contribution in [-0.4, -0.2) is 16.6 Å². The third-order valence-corrected chi connectivity index (χ3v) is 3.44. The van der Waals surface area contributed by atoms with Gasteiger partial charge in [0.25, 0.3) is 0 Å². The Morgan fingerprint density at radius 1 is 1.41 bits per heavy atom. The van der Waals surface area contributed by atoms with E-state index in [2.05, 4.69) is 51.4 Å². The second-order valence-corrected chi connectivity index (χ2v) is 5.03. The molecular formula is C13H16BrN3. The number of aryl methyl sites for hydroxylation is 2. The summed E-state index contributed by atoms with van der Waals surface area (Å²) in [5.74, 6) is 1.03. The molecule has 17 heavy (non-hydrogen) atoms. The van der Waals surface area contributed by atoms with Crippen molar-refractivity contribution in [2.24, 2.45) is 7.05 Å². The fraction of sp³-hybridized carbons (Fsp3) is 0.308. The van der Waals surface area contributed by atoms with E-state index in [0.717, 1.165) is 10.3 Å². The van der Waals surface area contributed by atoms with Crippen molar-refractivity contribution < 1.29 is 0 Å². The van der Waals surface area contributed by atoms with Gasteiger partial charge in [-0.3, -0.25) is 0 Å². The summed E-state index contributed by atoms with van der Waals surface area (Å²) in [6, 6.07) is 6.45. The van der Waals surface area contributed by atoms with Crippen molar-refractivity contribution >= 4 is 15.9 Å². The van der Waals surface area contributed by atoms with E-state index < -0.39 is 0 Å². The third kappa shape index (κ3) is 2.42. The third-order valence-electron chi connectivity index (χ3n) is 2.95. The van der Waals surface area contributed by atoms with Crippen LogP contribution >= 0.6 is 15.9 Å². The lowest BCUT2D eigenvalue weighted by atomic mass is 10.0. The van der Waals surface area contributed by atoms with Gasteiger partial charge in [0, 0.05) is 23.9 Å². The average molecular weight is 294 g/mol. The van der Waals surface area contributed by atoms with E-state index in [9.17, 15) is 0 Å². The molecule has 1 aromatic heterocycles. The summed E-state index contributed by atoms with van der Waals surface area (Å²) in [4.78, 5) is 4.42. The second-order valence-electron chi connectivity index (χ2n) is 4.12. The highest BCUT2D eigenvalue weighted by Crippen LogP contribution is 2.25. The molecular weight excluding hydrogens is 278 g/mol. The van der Waals surface area contributed by atoms with E-state index in [1.165, 1.54) is 11.1 Å². The molecule has 0 aliphatic heterocycles. The van der Waals surface area contributed by atoms with Crippen molar-refractivity contribution in [2.75, 3.05) is 7.05 Å². The Balaban J connectivity index is 2.46. The molecule has 3 nitrogen and oxygen atoms in total. The zero-order valence-electron chi connectivity index (χ0n) is 10.2. The van der Waals surface area contributed by atoms with Gasteiger partial charge in [-0.25, -0.2) is 4.98 Å². The van der Waals surface area contributed by atoms with E-state index in [4.69, 9.17) is 0 Å². The molecule has 0 fully saturated rings. The zero-order valence-corrected chi connectivity index (χ0v) is 11.8. The molecule has 2 rings (SSSR count). The SMILES string of the molecule is CNC(c1ccc(Br)cc1C)c1nccn1C. The van der Waals surface area contributed by atoms with Crippen LogP contribution in [0.2, 0.25) is 0 Å². The van der Waals surface area contributed by atoms with Gasteiger partial charge in [0.05, 0.1) is 6.04 Å². The van der Waals surface area contributed by atoms with E-state index >= 15 is 0 Å². The smallest absolute Gasteiger partial charge is 0.130 e. The minimum atomic E-state index is 0.128. The highest BCUT2D eigenvalue weighted by molar-refractivity contribution is 9.10. The normalized spacial score (nSPS) is 12.7.